The minimum atomic E-state index is -0.151. The third kappa shape index (κ3) is 4.57. The zero-order valence-corrected chi connectivity index (χ0v) is 18.4. The van der Waals surface area contributed by atoms with E-state index in [2.05, 4.69) is 10.6 Å². The quantitative estimate of drug-likeness (QED) is 0.307. The normalized spacial score (nSPS) is 10.6. The SMILES string of the molecule is O=C(Nc1ccc(-c2ccc(C(=O)Nc3cccc4ccccc34)cc2)cc1)c1ccccc1. The van der Waals surface area contributed by atoms with Crippen LogP contribution < -0.4 is 10.6 Å². The number of hydrogen-bond acceptors (Lipinski definition) is 2. The number of nitrogens with one attached hydrogen (secondary N) is 2. The number of amides is 2. The molecule has 5 aromatic carbocycles. The van der Waals surface area contributed by atoms with Gasteiger partial charge in [0, 0.05) is 27.9 Å². The molecular formula is C30H22N2O2. The molecule has 0 aliphatic rings. The molecule has 2 N–H and O–H groups in total. The lowest BCUT2D eigenvalue weighted by Crippen LogP contribution is -2.12. The van der Waals surface area contributed by atoms with Gasteiger partial charge in [0.2, 0.25) is 0 Å². The van der Waals surface area contributed by atoms with E-state index < -0.39 is 0 Å². The summed E-state index contributed by atoms with van der Waals surface area (Å²) in [5.41, 5.74) is 4.71. The number of hydrogen-bond donors (Lipinski definition) is 2. The van der Waals surface area contributed by atoms with Gasteiger partial charge >= 0.3 is 0 Å². The van der Waals surface area contributed by atoms with Crippen molar-refractivity contribution in [2.24, 2.45) is 0 Å². The molecule has 4 heteroatoms. The third-order valence-electron chi connectivity index (χ3n) is 5.70. The summed E-state index contributed by atoms with van der Waals surface area (Å²) >= 11 is 0. The molecule has 0 aromatic heterocycles. The summed E-state index contributed by atoms with van der Waals surface area (Å²) in [6.07, 6.45) is 0. The van der Waals surface area contributed by atoms with Crippen LogP contribution in [0.3, 0.4) is 0 Å². The second-order valence-electron chi connectivity index (χ2n) is 7.96. The van der Waals surface area contributed by atoms with Crippen molar-refractivity contribution in [2.75, 3.05) is 10.6 Å². The van der Waals surface area contributed by atoms with Gasteiger partial charge in [-0.05, 0) is 59.0 Å². The Bertz CT molecular complexity index is 1450. The van der Waals surface area contributed by atoms with Gasteiger partial charge in [0.25, 0.3) is 11.8 Å². The highest BCUT2D eigenvalue weighted by atomic mass is 16.2. The minimum absolute atomic E-state index is 0.144. The van der Waals surface area contributed by atoms with Crippen LogP contribution in [0, 0.1) is 0 Å². The molecule has 5 rings (SSSR count). The van der Waals surface area contributed by atoms with Crippen molar-refractivity contribution >= 4 is 34.0 Å². The summed E-state index contributed by atoms with van der Waals surface area (Å²) in [6, 6.07) is 38.1. The summed E-state index contributed by atoms with van der Waals surface area (Å²) < 4.78 is 0. The number of carbonyl (C=O) groups is 2. The summed E-state index contributed by atoms with van der Waals surface area (Å²) in [5.74, 6) is -0.295. The number of anilines is 2. The van der Waals surface area contributed by atoms with E-state index in [1.807, 2.05) is 109 Å². The van der Waals surface area contributed by atoms with Gasteiger partial charge in [-0.2, -0.15) is 0 Å². The van der Waals surface area contributed by atoms with Crippen LogP contribution in [0.1, 0.15) is 20.7 Å². The standard InChI is InChI=1S/C30H22N2O2/c33-29(24-8-2-1-3-9-24)31-26-19-17-22(18-20-26)21-13-15-25(16-14-21)30(34)32-28-12-6-10-23-7-4-5-11-27(23)28/h1-20H,(H,31,33)(H,32,34). The Labute approximate surface area is 197 Å². The maximum atomic E-state index is 12.8. The van der Waals surface area contributed by atoms with Crippen LogP contribution in [0.25, 0.3) is 21.9 Å². The fourth-order valence-electron chi connectivity index (χ4n) is 3.88. The smallest absolute Gasteiger partial charge is 0.255 e. The molecule has 4 nitrogen and oxygen atoms in total. The average Bonchev–Trinajstić information content (AvgIpc) is 2.90. The molecule has 0 spiro atoms. The molecule has 164 valence electrons. The Hall–Kier alpha value is -4.70. The van der Waals surface area contributed by atoms with Gasteiger partial charge < -0.3 is 10.6 Å². The molecule has 5 aromatic rings. The van der Waals surface area contributed by atoms with E-state index in [0.717, 1.165) is 33.3 Å². The molecule has 0 atom stereocenters. The lowest BCUT2D eigenvalue weighted by molar-refractivity contribution is 0.101. The zero-order chi connectivity index (χ0) is 23.3. The van der Waals surface area contributed by atoms with E-state index in [-0.39, 0.29) is 11.8 Å². The summed E-state index contributed by atoms with van der Waals surface area (Å²) in [4.78, 5) is 25.1. The molecule has 0 aliphatic heterocycles. The summed E-state index contributed by atoms with van der Waals surface area (Å²) in [7, 11) is 0. The van der Waals surface area contributed by atoms with Crippen LogP contribution >= 0.6 is 0 Å². The molecule has 34 heavy (non-hydrogen) atoms. The topological polar surface area (TPSA) is 58.2 Å². The summed E-state index contributed by atoms with van der Waals surface area (Å²) in [5, 5.41) is 8.02. The fraction of sp³-hybridized carbons (Fsp3) is 0. The molecule has 0 radical (unpaired) electrons. The van der Waals surface area contributed by atoms with Gasteiger partial charge in [0.05, 0.1) is 0 Å². The second-order valence-corrected chi connectivity index (χ2v) is 7.96. The van der Waals surface area contributed by atoms with Gasteiger partial charge in [-0.15, -0.1) is 0 Å². The molecule has 0 saturated heterocycles. The van der Waals surface area contributed by atoms with Crippen LogP contribution in [0.2, 0.25) is 0 Å². The van der Waals surface area contributed by atoms with E-state index >= 15 is 0 Å². The van der Waals surface area contributed by atoms with Gasteiger partial charge in [0.1, 0.15) is 0 Å². The lowest BCUT2D eigenvalue weighted by Gasteiger charge is -2.10. The number of fused-ring (bicyclic) bond motifs is 1. The number of rotatable bonds is 5. The van der Waals surface area contributed by atoms with E-state index in [0.29, 0.717) is 11.1 Å². The predicted octanol–water partition coefficient (Wildman–Crippen LogP) is 7.01. The van der Waals surface area contributed by atoms with Crippen molar-refractivity contribution in [2.45, 2.75) is 0 Å². The van der Waals surface area contributed by atoms with E-state index in [1.54, 1.807) is 12.1 Å². The first kappa shape index (κ1) is 21.2. The van der Waals surface area contributed by atoms with Gasteiger partial charge in [-0.25, -0.2) is 0 Å². The van der Waals surface area contributed by atoms with Gasteiger partial charge in [-0.3, -0.25) is 9.59 Å². The first-order valence-electron chi connectivity index (χ1n) is 11.0. The highest BCUT2D eigenvalue weighted by molar-refractivity contribution is 6.09. The molecule has 0 unspecified atom stereocenters. The predicted molar refractivity (Wildman–Crippen MR) is 138 cm³/mol. The van der Waals surface area contributed by atoms with Crippen molar-refractivity contribution in [3.05, 3.63) is 132 Å². The van der Waals surface area contributed by atoms with Crippen LogP contribution in [-0.4, -0.2) is 11.8 Å². The van der Waals surface area contributed by atoms with Crippen LogP contribution in [0.4, 0.5) is 11.4 Å². The van der Waals surface area contributed by atoms with Crippen LogP contribution in [0.15, 0.2) is 121 Å². The molecule has 0 aliphatic carbocycles. The maximum absolute atomic E-state index is 12.8. The third-order valence-corrected chi connectivity index (χ3v) is 5.70. The Balaban J connectivity index is 1.27. The highest BCUT2D eigenvalue weighted by Gasteiger charge is 2.09. The van der Waals surface area contributed by atoms with Crippen molar-refractivity contribution in [3.63, 3.8) is 0 Å². The minimum Gasteiger partial charge on any atom is -0.322 e. The average molecular weight is 443 g/mol. The highest BCUT2D eigenvalue weighted by Crippen LogP contribution is 2.25. The maximum Gasteiger partial charge on any atom is 0.255 e. The van der Waals surface area contributed by atoms with Crippen molar-refractivity contribution in [1.82, 2.24) is 0 Å². The Morgan fingerprint density at radius 1 is 0.471 bits per heavy atom. The molecular weight excluding hydrogens is 420 g/mol. The van der Waals surface area contributed by atoms with Crippen LogP contribution in [-0.2, 0) is 0 Å². The summed E-state index contributed by atoms with van der Waals surface area (Å²) in [6.45, 7) is 0. The largest absolute Gasteiger partial charge is 0.322 e. The molecule has 0 heterocycles. The Kier molecular flexibility index (Phi) is 5.87. The van der Waals surface area contributed by atoms with Crippen molar-refractivity contribution < 1.29 is 9.59 Å². The van der Waals surface area contributed by atoms with Crippen molar-refractivity contribution in [3.8, 4) is 11.1 Å². The first-order chi connectivity index (χ1) is 16.7. The van der Waals surface area contributed by atoms with E-state index in [4.69, 9.17) is 0 Å². The Morgan fingerprint density at radius 3 is 1.76 bits per heavy atom. The molecule has 0 bridgehead atoms. The molecule has 0 fully saturated rings. The molecule has 0 saturated carbocycles. The number of carbonyl (C=O) groups excluding carboxylic acids is 2. The van der Waals surface area contributed by atoms with Gasteiger partial charge in [-0.1, -0.05) is 78.9 Å². The lowest BCUT2D eigenvalue weighted by atomic mass is 10.0. The monoisotopic (exact) mass is 442 g/mol. The van der Waals surface area contributed by atoms with Crippen LogP contribution in [0.5, 0.6) is 0 Å². The molecule has 2 amide bonds. The van der Waals surface area contributed by atoms with Crippen molar-refractivity contribution in [1.29, 1.82) is 0 Å². The Morgan fingerprint density at radius 2 is 1.03 bits per heavy atom. The zero-order valence-electron chi connectivity index (χ0n) is 18.4. The number of benzene rings is 5. The second kappa shape index (κ2) is 9.43. The van der Waals surface area contributed by atoms with E-state index in [9.17, 15) is 9.59 Å². The first-order valence-corrected chi connectivity index (χ1v) is 11.0. The van der Waals surface area contributed by atoms with Gasteiger partial charge in [0.15, 0.2) is 0 Å². The fourth-order valence-corrected chi connectivity index (χ4v) is 3.88. The van der Waals surface area contributed by atoms with E-state index in [1.165, 1.54) is 0 Å².